The van der Waals surface area contributed by atoms with Crippen LogP contribution in [-0.2, 0) is 11.8 Å². The van der Waals surface area contributed by atoms with Gasteiger partial charge >= 0.3 is 0 Å². The average Bonchev–Trinajstić information content (AvgIpc) is 2.18. The zero-order chi connectivity index (χ0) is 10.8. The summed E-state index contributed by atoms with van der Waals surface area (Å²) in [4.78, 5) is 0. The maximum Gasteiger partial charge on any atom is 0.119 e. The normalized spacial score (nSPS) is 11.7. The lowest BCUT2D eigenvalue weighted by molar-refractivity contribution is 0.215. The van der Waals surface area contributed by atoms with Crippen molar-refractivity contribution in [3.63, 3.8) is 0 Å². The fourth-order valence-electron chi connectivity index (χ4n) is 1.43. The van der Waals surface area contributed by atoms with Gasteiger partial charge in [0, 0.05) is 11.0 Å². The molecule has 2 heteroatoms. The maximum absolute atomic E-state index is 9.69. The summed E-state index contributed by atoms with van der Waals surface area (Å²) >= 11 is 0. The van der Waals surface area contributed by atoms with Crippen molar-refractivity contribution in [1.82, 2.24) is 0 Å². The van der Waals surface area contributed by atoms with Crippen molar-refractivity contribution in [1.29, 1.82) is 0 Å². The number of aliphatic hydroxyl groups excluding tert-OH is 1. The molecule has 0 bridgehead atoms. The highest BCUT2D eigenvalue weighted by molar-refractivity contribution is 5.41. The SMILES string of the molecule is CCc1ccc(O)c(C(C)(C)CO)c1. The van der Waals surface area contributed by atoms with Crippen LogP contribution in [0, 0.1) is 0 Å². The Kier molecular flexibility index (Phi) is 3.17. The Balaban J connectivity index is 3.18. The van der Waals surface area contributed by atoms with Crippen molar-refractivity contribution >= 4 is 0 Å². The number of hydrogen-bond acceptors (Lipinski definition) is 2. The first-order chi connectivity index (χ1) is 6.51. The molecule has 0 aliphatic carbocycles. The van der Waals surface area contributed by atoms with Crippen molar-refractivity contribution < 1.29 is 10.2 Å². The third kappa shape index (κ3) is 2.07. The van der Waals surface area contributed by atoms with Crippen LogP contribution in [-0.4, -0.2) is 16.8 Å². The van der Waals surface area contributed by atoms with Gasteiger partial charge in [-0.1, -0.05) is 32.9 Å². The first-order valence-electron chi connectivity index (χ1n) is 4.94. The summed E-state index contributed by atoms with van der Waals surface area (Å²) in [6.45, 7) is 5.94. The summed E-state index contributed by atoms with van der Waals surface area (Å²) < 4.78 is 0. The summed E-state index contributed by atoms with van der Waals surface area (Å²) in [6.07, 6.45) is 0.939. The zero-order valence-electron chi connectivity index (χ0n) is 9.04. The molecule has 2 nitrogen and oxygen atoms in total. The summed E-state index contributed by atoms with van der Waals surface area (Å²) in [5, 5.41) is 18.9. The lowest BCUT2D eigenvalue weighted by Crippen LogP contribution is -2.22. The number of hydrogen-bond donors (Lipinski definition) is 2. The molecule has 2 N–H and O–H groups in total. The summed E-state index contributed by atoms with van der Waals surface area (Å²) in [5.74, 6) is 0.265. The van der Waals surface area contributed by atoms with E-state index in [1.54, 1.807) is 6.07 Å². The Hall–Kier alpha value is -1.02. The Morgan fingerprint density at radius 3 is 2.43 bits per heavy atom. The number of aliphatic hydroxyl groups is 1. The first-order valence-corrected chi connectivity index (χ1v) is 4.94. The van der Waals surface area contributed by atoms with Crippen LogP contribution in [0.1, 0.15) is 31.9 Å². The minimum atomic E-state index is -0.380. The van der Waals surface area contributed by atoms with Gasteiger partial charge in [-0.15, -0.1) is 0 Å². The Morgan fingerprint density at radius 2 is 1.93 bits per heavy atom. The third-order valence-corrected chi connectivity index (χ3v) is 2.59. The van der Waals surface area contributed by atoms with E-state index in [1.807, 2.05) is 26.0 Å². The molecule has 1 aromatic carbocycles. The van der Waals surface area contributed by atoms with Gasteiger partial charge in [0.15, 0.2) is 0 Å². The van der Waals surface area contributed by atoms with Gasteiger partial charge in [-0.25, -0.2) is 0 Å². The number of rotatable bonds is 3. The molecule has 0 atom stereocenters. The molecule has 0 heterocycles. The molecule has 0 aromatic heterocycles. The molecule has 0 spiro atoms. The molecule has 0 saturated heterocycles. The van der Waals surface area contributed by atoms with Gasteiger partial charge in [-0.05, 0) is 18.1 Å². The Labute approximate surface area is 85.2 Å². The summed E-state index contributed by atoms with van der Waals surface area (Å²) in [5.41, 5.74) is 1.62. The van der Waals surface area contributed by atoms with Crippen LogP contribution in [0.15, 0.2) is 18.2 Å². The lowest BCUT2D eigenvalue weighted by atomic mass is 9.84. The highest BCUT2D eigenvalue weighted by atomic mass is 16.3. The Bertz CT molecular complexity index is 316. The molecule has 1 aromatic rings. The second kappa shape index (κ2) is 4.01. The van der Waals surface area contributed by atoms with Gasteiger partial charge in [0.05, 0.1) is 6.61 Å². The first kappa shape index (κ1) is 11.1. The fourth-order valence-corrected chi connectivity index (χ4v) is 1.43. The van der Waals surface area contributed by atoms with Gasteiger partial charge in [0.1, 0.15) is 5.75 Å². The molecule has 78 valence electrons. The van der Waals surface area contributed by atoms with Gasteiger partial charge in [0.2, 0.25) is 0 Å². The van der Waals surface area contributed by atoms with Crippen LogP contribution in [0.25, 0.3) is 0 Å². The van der Waals surface area contributed by atoms with Crippen LogP contribution in [0.4, 0.5) is 0 Å². The van der Waals surface area contributed by atoms with Gasteiger partial charge in [0.25, 0.3) is 0 Å². The van der Waals surface area contributed by atoms with E-state index in [2.05, 4.69) is 6.92 Å². The largest absolute Gasteiger partial charge is 0.508 e. The molecule has 0 unspecified atom stereocenters. The van der Waals surface area contributed by atoms with E-state index in [-0.39, 0.29) is 17.8 Å². The fraction of sp³-hybridized carbons (Fsp3) is 0.500. The van der Waals surface area contributed by atoms with E-state index in [9.17, 15) is 10.2 Å². The number of benzene rings is 1. The van der Waals surface area contributed by atoms with E-state index in [0.29, 0.717) is 0 Å². The van der Waals surface area contributed by atoms with Crippen LogP contribution in [0.2, 0.25) is 0 Å². The highest BCUT2D eigenvalue weighted by Gasteiger charge is 2.22. The number of phenols is 1. The van der Waals surface area contributed by atoms with Crippen molar-refractivity contribution in [3.05, 3.63) is 29.3 Å². The van der Waals surface area contributed by atoms with E-state index < -0.39 is 0 Å². The molecule has 0 aliphatic rings. The van der Waals surface area contributed by atoms with Crippen molar-refractivity contribution in [3.8, 4) is 5.75 Å². The average molecular weight is 194 g/mol. The number of aryl methyl sites for hydroxylation is 1. The summed E-state index contributed by atoms with van der Waals surface area (Å²) in [7, 11) is 0. The number of phenolic OH excluding ortho intramolecular Hbond substituents is 1. The molecule has 1 rings (SSSR count). The smallest absolute Gasteiger partial charge is 0.119 e. The standard InChI is InChI=1S/C12H18O2/c1-4-9-5-6-11(14)10(7-9)12(2,3)8-13/h5-7,13-14H,4,8H2,1-3H3. The molecule has 0 aliphatic heterocycles. The van der Waals surface area contributed by atoms with Gasteiger partial charge in [-0.3, -0.25) is 0 Å². The van der Waals surface area contributed by atoms with E-state index in [0.717, 1.165) is 12.0 Å². The highest BCUT2D eigenvalue weighted by Crippen LogP contribution is 2.31. The molecule has 0 saturated carbocycles. The molecule has 0 amide bonds. The lowest BCUT2D eigenvalue weighted by Gasteiger charge is -2.23. The van der Waals surface area contributed by atoms with E-state index in [4.69, 9.17) is 0 Å². The summed E-state index contributed by atoms with van der Waals surface area (Å²) in [6, 6.07) is 5.57. The molecule has 0 radical (unpaired) electrons. The minimum Gasteiger partial charge on any atom is -0.508 e. The molecular formula is C12H18O2. The topological polar surface area (TPSA) is 40.5 Å². The van der Waals surface area contributed by atoms with Gasteiger partial charge < -0.3 is 10.2 Å². The predicted octanol–water partition coefficient (Wildman–Crippen LogP) is 2.22. The Morgan fingerprint density at radius 1 is 1.29 bits per heavy atom. The zero-order valence-corrected chi connectivity index (χ0v) is 9.04. The van der Waals surface area contributed by atoms with Crippen molar-refractivity contribution in [2.45, 2.75) is 32.6 Å². The van der Waals surface area contributed by atoms with Gasteiger partial charge in [-0.2, -0.15) is 0 Å². The van der Waals surface area contributed by atoms with Crippen LogP contribution >= 0.6 is 0 Å². The molecule has 14 heavy (non-hydrogen) atoms. The molecule has 0 fully saturated rings. The quantitative estimate of drug-likeness (QED) is 0.774. The van der Waals surface area contributed by atoms with Crippen LogP contribution < -0.4 is 0 Å². The number of aromatic hydroxyl groups is 1. The van der Waals surface area contributed by atoms with Crippen LogP contribution in [0.3, 0.4) is 0 Å². The van der Waals surface area contributed by atoms with E-state index in [1.165, 1.54) is 5.56 Å². The third-order valence-electron chi connectivity index (χ3n) is 2.59. The second-order valence-corrected chi connectivity index (χ2v) is 4.25. The second-order valence-electron chi connectivity index (χ2n) is 4.25. The molecular weight excluding hydrogens is 176 g/mol. The van der Waals surface area contributed by atoms with Crippen LogP contribution in [0.5, 0.6) is 5.75 Å². The predicted molar refractivity (Wildman–Crippen MR) is 57.6 cm³/mol. The van der Waals surface area contributed by atoms with Crippen molar-refractivity contribution in [2.24, 2.45) is 0 Å². The van der Waals surface area contributed by atoms with Crippen molar-refractivity contribution in [2.75, 3.05) is 6.61 Å². The van der Waals surface area contributed by atoms with E-state index >= 15 is 0 Å². The maximum atomic E-state index is 9.69. The monoisotopic (exact) mass is 194 g/mol. The minimum absolute atomic E-state index is 0.0354.